The normalized spacial score (nSPS) is 12.8. The van der Waals surface area contributed by atoms with Crippen LogP contribution in [-0.4, -0.2) is 19.2 Å². The van der Waals surface area contributed by atoms with E-state index in [4.69, 9.17) is 4.74 Å². The van der Waals surface area contributed by atoms with Crippen LogP contribution in [0.25, 0.3) is 0 Å². The molecule has 0 fully saturated rings. The van der Waals surface area contributed by atoms with Gasteiger partial charge in [0.05, 0.1) is 0 Å². The summed E-state index contributed by atoms with van der Waals surface area (Å²) >= 11 is 3.41. The van der Waals surface area contributed by atoms with Gasteiger partial charge < -0.3 is 10.1 Å². The Morgan fingerprint density at radius 1 is 1.18 bits per heavy atom. The Morgan fingerprint density at radius 2 is 1.82 bits per heavy atom. The maximum absolute atomic E-state index is 5.79. The van der Waals surface area contributed by atoms with Crippen LogP contribution in [-0.2, 0) is 0 Å². The van der Waals surface area contributed by atoms with Gasteiger partial charge in [-0.1, -0.05) is 29.8 Å². The minimum atomic E-state index is 0.198. The predicted molar refractivity (Wildman–Crippen MR) is 76.6 cm³/mol. The van der Waals surface area contributed by atoms with Crippen molar-refractivity contribution in [2.45, 2.75) is 33.3 Å². The third-order valence-electron chi connectivity index (χ3n) is 2.48. The Balaban J connectivity index is 2.20. The molecule has 0 bridgehead atoms. The second-order valence-corrected chi connectivity index (χ2v) is 5.68. The molecular formula is C14H22BrNO. The standard InChI is InChI=1S/C14H22BrNO/c1-11(2)8-9-16-10-12(3)17-14-6-4-13(15)5-7-14/h4-7,11-12,16H,8-10H2,1-3H3. The van der Waals surface area contributed by atoms with Gasteiger partial charge in [-0.25, -0.2) is 0 Å². The summed E-state index contributed by atoms with van der Waals surface area (Å²) in [7, 11) is 0. The average Bonchev–Trinajstić information content (AvgIpc) is 2.27. The average molecular weight is 300 g/mol. The number of nitrogens with one attached hydrogen (secondary N) is 1. The van der Waals surface area contributed by atoms with Crippen molar-refractivity contribution in [1.29, 1.82) is 0 Å². The zero-order valence-electron chi connectivity index (χ0n) is 10.9. The molecule has 1 atom stereocenters. The maximum atomic E-state index is 5.79. The van der Waals surface area contributed by atoms with E-state index in [-0.39, 0.29) is 6.10 Å². The van der Waals surface area contributed by atoms with Crippen LogP contribution in [0.3, 0.4) is 0 Å². The quantitative estimate of drug-likeness (QED) is 0.772. The van der Waals surface area contributed by atoms with Gasteiger partial charge in [-0.3, -0.25) is 0 Å². The maximum Gasteiger partial charge on any atom is 0.119 e. The van der Waals surface area contributed by atoms with Crippen molar-refractivity contribution in [2.75, 3.05) is 13.1 Å². The van der Waals surface area contributed by atoms with E-state index < -0.39 is 0 Å². The molecule has 0 saturated heterocycles. The van der Waals surface area contributed by atoms with Gasteiger partial charge in [0, 0.05) is 11.0 Å². The molecule has 2 nitrogen and oxygen atoms in total. The number of hydrogen-bond acceptors (Lipinski definition) is 2. The van der Waals surface area contributed by atoms with Crippen LogP contribution in [0.2, 0.25) is 0 Å². The predicted octanol–water partition coefficient (Wildman–Crippen LogP) is 3.85. The van der Waals surface area contributed by atoms with E-state index in [1.54, 1.807) is 0 Å². The first-order valence-corrected chi connectivity index (χ1v) is 7.00. The lowest BCUT2D eigenvalue weighted by molar-refractivity contribution is 0.216. The van der Waals surface area contributed by atoms with Gasteiger partial charge in [-0.2, -0.15) is 0 Å². The highest BCUT2D eigenvalue weighted by molar-refractivity contribution is 9.10. The summed E-state index contributed by atoms with van der Waals surface area (Å²) in [6.45, 7) is 8.52. The first kappa shape index (κ1) is 14.5. The van der Waals surface area contributed by atoms with Crippen molar-refractivity contribution in [3.05, 3.63) is 28.7 Å². The number of hydrogen-bond donors (Lipinski definition) is 1. The Hall–Kier alpha value is -0.540. The van der Waals surface area contributed by atoms with Crippen molar-refractivity contribution in [1.82, 2.24) is 5.32 Å². The Morgan fingerprint density at radius 3 is 2.41 bits per heavy atom. The van der Waals surface area contributed by atoms with E-state index in [0.29, 0.717) is 0 Å². The molecule has 1 aromatic rings. The van der Waals surface area contributed by atoms with Gasteiger partial charge in [0.25, 0.3) is 0 Å². The van der Waals surface area contributed by atoms with Crippen molar-refractivity contribution in [3.63, 3.8) is 0 Å². The summed E-state index contributed by atoms with van der Waals surface area (Å²) in [4.78, 5) is 0. The summed E-state index contributed by atoms with van der Waals surface area (Å²) < 4.78 is 6.87. The second kappa shape index (κ2) is 7.72. The monoisotopic (exact) mass is 299 g/mol. The fourth-order valence-corrected chi connectivity index (χ4v) is 1.75. The highest BCUT2D eigenvalue weighted by atomic mass is 79.9. The van der Waals surface area contributed by atoms with E-state index in [1.807, 2.05) is 24.3 Å². The summed E-state index contributed by atoms with van der Waals surface area (Å²) in [6.07, 6.45) is 1.41. The molecule has 0 aliphatic rings. The molecule has 1 unspecified atom stereocenters. The number of ether oxygens (including phenoxy) is 1. The molecular weight excluding hydrogens is 278 g/mol. The molecule has 0 aliphatic heterocycles. The molecule has 0 aromatic heterocycles. The van der Waals surface area contributed by atoms with E-state index in [1.165, 1.54) is 6.42 Å². The molecule has 0 amide bonds. The largest absolute Gasteiger partial charge is 0.489 e. The lowest BCUT2D eigenvalue weighted by Crippen LogP contribution is -2.30. The number of halogens is 1. The van der Waals surface area contributed by atoms with Crippen LogP contribution in [0.15, 0.2) is 28.7 Å². The molecule has 0 heterocycles. The van der Waals surface area contributed by atoms with Crippen LogP contribution < -0.4 is 10.1 Å². The Kier molecular flexibility index (Phi) is 6.60. The highest BCUT2D eigenvalue weighted by Crippen LogP contribution is 2.17. The van der Waals surface area contributed by atoms with E-state index >= 15 is 0 Å². The lowest BCUT2D eigenvalue weighted by Gasteiger charge is -2.16. The van der Waals surface area contributed by atoms with Crippen molar-refractivity contribution in [2.24, 2.45) is 5.92 Å². The first-order valence-electron chi connectivity index (χ1n) is 6.21. The van der Waals surface area contributed by atoms with Gasteiger partial charge in [0.15, 0.2) is 0 Å². The van der Waals surface area contributed by atoms with Crippen LogP contribution in [0.4, 0.5) is 0 Å². The summed E-state index contributed by atoms with van der Waals surface area (Å²) in [5, 5.41) is 3.41. The summed E-state index contributed by atoms with van der Waals surface area (Å²) in [6, 6.07) is 7.95. The number of rotatable bonds is 7. The molecule has 0 spiro atoms. The van der Waals surface area contributed by atoms with E-state index in [0.717, 1.165) is 29.2 Å². The minimum Gasteiger partial charge on any atom is -0.489 e. The van der Waals surface area contributed by atoms with Crippen molar-refractivity contribution >= 4 is 15.9 Å². The molecule has 3 heteroatoms. The van der Waals surface area contributed by atoms with Gasteiger partial charge in [0.2, 0.25) is 0 Å². The zero-order valence-corrected chi connectivity index (χ0v) is 12.5. The van der Waals surface area contributed by atoms with Crippen LogP contribution in [0.1, 0.15) is 27.2 Å². The van der Waals surface area contributed by atoms with Crippen LogP contribution in [0, 0.1) is 5.92 Å². The molecule has 17 heavy (non-hydrogen) atoms. The van der Waals surface area contributed by atoms with Gasteiger partial charge >= 0.3 is 0 Å². The molecule has 1 N–H and O–H groups in total. The molecule has 0 radical (unpaired) electrons. The molecule has 96 valence electrons. The minimum absolute atomic E-state index is 0.198. The third-order valence-corrected chi connectivity index (χ3v) is 3.01. The molecule has 1 rings (SSSR count). The Bertz CT molecular complexity index is 311. The fourth-order valence-electron chi connectivity index (χ4n) is 1.48. The third kappa shape index (κ3) is 6.69. The highest BCUT2D eigenvalue weighted by Gasteiger charge is 2.03. The van der Waals surface area contributed by atoms with Gasteiger partial charge in [-0.05, 0) is 50.1 Å². The van der Waals surface area contributed by atoms with Crippen molar-refractivity contribution in [3.8, 4) is 5.75 Å². The van der Waals surface area contributed by atoms with Crippen LogP contribution >= 0.6 is 15.9 Å². The van der Waals surface area contributed by atoms with Gasteiger partial charge in [-0.15, -0.1) is 0 Å². The van der Waals surface area contributed by atoms with E-state index in [2.05, 4.69) is 42.0 Å². The lowest BCUT2D eigenvalue weighted by atomic mass is 10.1. The first-order chi connectivity index (χ1) is 8.08. The molecule has 0 aliphatic carbocycles. The Labute approximate surface area is 113 Å². The van der Waals surface area contributed by atoms with Gasteiger partial charge in [0.1, 0.15) is 11.9 Å². The second-order valence-electron chi connectivity index (χ2n) is 4.77. The molecule has 0 saturated carbocycles. The molecule has 1 aromatic carbocycles. The zero-order chi connectivity index (χ0) is 12.7. The van der Waals surface area contributed by atoms with Crippen molar-refractivity contribution < 1.29 is 4.74 Å². The fraction of sp³-hybridized carbons (Fsp3) is 0.571. The topological polar surface area (TPSA) is 21.3 Å². The smallest absolute Gasteiger partial charge is 0.119 e. The number of benzene rings is 1. The SMILES string of the molecule is CC(C)CCNCC(C)Oc1ccc(Br)cc1. The summed E-state index contributed by atoms with van der Waals surface area (Å²) in [5.41, 5.74) is 0. The summed E-state index contributed by atoms with van der Waals surface area (Å²) in [5.74, 6) is 1.68. The van der Waals surface area contributed by atoms with Crippen LogP contribution in [0.5, 0.6) is 5.75 Å². The van der Waals surface area contributed by atoms with E-state index in [9.17, 15) is 0 Å².